The molecule has 1 N–H and O–H groups in total. The van der Waals surface area contributed by atoms with Crippen molar-refractivity contribution >= 4 is 17.3 Å². The number of anilines is 2. The average molecular weight is 242 g/mol. The molecule has 3 nitrogen and oxygen atoms in total. The number of hydrogen-bond acceptors (Lipinski definition) is 2. The number of aryl methyl sites for hydroxylation is 2. The van der Waals surface area contributed by atoms with Crippen molar-refractivity contribution in [1.82, 2.24) is 0 Å². The number of fused-ring (bicyclic) bond motifs is 1. The molecule has 0 saturated carbocycles. The molecule has 0 radical (unpaired) electrons. The lowest BCUT2D eigenvalue weighted by Crippen LogP contribution is -2.54. The van der Waals surface area contributed by atoms with Gasteiger partial charge in [-0.2, -0.15) is 0 Å². The highest BCUT2D eigenvalue weighted by Crippen LogP contribution is 2.36. The maximum atomic E-state index is 12.4. The van der Waals surface area contributed by atoms with Crippen LogP contribution in [0.15, 0.2) is 12.1 Å². The first-order valence-corrected chi connectivity index (χ1v) is 6.01. The van der Waals surface area contributed by atoms with Gasteiger partial charge in [0.05, 0.1) is 17.9 Å². The third kappa shape index (κ3) is 1.84. The number of nitrogens with zero attached hydrogens (tertiary/aromatic N) is 1. The SMILES string of the molecule is C#CCN1C(=O)C(C)(C)Nc2cc(C)c(C)cc21. The summed E-state index contributed by atoms with van der Waals surface area (Å²) in [5.74, 6) is 2.57. The molecule has 1 aliphatic heterocycles. The third-order valence-electron chi connectivity index (χ3n) is 3.38. The van der Waals surface area contributed by atoms with Gasteiger partial charge >= 0.3 is 0 Å². The van der Waals surface area contributed by atoms with E-state index in [4.69, 9.17) is 6.42 Å². The summed E-state index contributed by atoms with van der Waals surface area (Å²) in [6.45, 7) is 8.15. The van der Waals surface area contributed by atoms with Crippen molar-refractivity contribution in [2.75, 3.05) is 16.8 Å². The summed E-state index contributed by atoms with van der Waals surface area (Å²) < 4.78 is 0. The van der Waals surface area contributed by atoms with Crippen molar-refractivity contribution in [3.63, 3.8) is 0 Å². The second-order valence-corrected chi connectivity index (χ2v) is 5.30. The Labute approximate surface area is 108 Å². The quantitative estimate of drug-likeness (QED) is 0.767. The largest absolute Gasteiger partial charge is 0.370 e. The van der Waals surface area contributed by atoms with Crippen LogP contribution >= 0.6 is 0 Å². The van der Waals surface area contributed by atoms with Gasteiger partial charge in [0.15, 0.2) is 0 Å². The van der Waals surface area contributed by atoms with E-state index in [0.29, 0.717) is 6.54 Å². The number of terminal acetylenes is 1. The molecule has 2 rings (SSSR count). The minimum absolute atomic E-state index is 0.0104. The van der Waals surface area contributed by atoms with Crippen LogP contribution < -0.4 is 10.2 Å². The van der Waals surface area contributed by atoms with Crippen LogP contribution in [0.4, 0.5) is 11.4 Å². The van der Waals surface area contributed by atoms with E-state index in [1.807, 2.05) is 26.8 Å². The summed E-state index contributed by atoms with van der Waals surface area (Å²) in [5.41, 5.74) is 3.58. The minimum atomic E-state index is -0.619. The molecule has 0 bridgehead atoms. The minimum Gasteiger partial charge on any atom is -0.370 e. The molecule has 1 heterocycles. The lowest BCUT2D eigenvalue weighted by atomic mass is 9.96. The van der Waals surface area contributed by atoms with E-state index in [9.17, 15) is 4.79 Å². The van der Waals surface area contributed by atoms with Crippen LogP contribution in [0.25, 0.3) is 0 Å². The van der Waals surface area contributed by atoms with E-state index in [-0.39, 0.29) is 5.91 Å². The van der Waals surface area contributed by atoms with Gasteiger partial charge in [-0.3, -0.25) is 9.69 Å². The van der Waals surface area contributed by atoms with Crippen LogP contribution in [0, 0.1) is 26.2 Å². The molecule has 18 heavy (non-hydrogen) atoms. The molecule has 0 aromatic heterocycles. The molecule has 94 valence electrons. The third-order valence-corrected chi connectivity index (χ3v) is 3.38. The second-order valence-electron chi connectivity index (χ2n) is 5.30. The molecule has 0 fully saturated rings. The normalized spacial score (nSPS) is 16.8. The molecule has 0 atom stereocenters. The number of rotatable bonds is 1. The van der Waals surface area contributed by atoms with Crippen molar-refractivity contribution in [3.8, 4) is 12.3 Å². The predicted molar refractivity (Wildman–Crippen MR) is 74.8 cm³/mol. The maximum Gasteiger partial charge on any atom is 0.252 e. The van der Waals surface area contributed by atoms with Gasteiger partial charge < -0.3 is 5.32 Å². The molecular weight excluding hydrogens is 224 g/mol. The zero-order chi connectivity index (χ0) is 13.5. The Morgan fingerprint density at radius 2 is 1.94 bits per heavy atom. The standard InChI is InChI=1S/C15H18N2O/c1-6-7-17-13-9-11(3)10(2)8-12(13)16-15(4,5)14(17)18/h1,8-9,16H,7H2,2-5H3. The van der Waals surface area contributed by atoms with Gasteiger partial charge in [0, 0.05) is 0 Å². The molecule has 0 unspecified atom stereocenters. The van der Waals surface area contributed by atoms with E-state index in [0.717, 1.165) is 16.9 Å². The first kappa shape index (κ1) is 12.5. The summed E-state index contributed by atoms with van der Waals surface area (Å²) in [6, 6.07) is 4.09. The molecule has 1 aliphatic rings. The van der Waals surface area contributed by atoms with Crippen molar-refractivity contribution in [3.05, 3.63) is 23.3 Å². The van der Waals surface area contributed by atoms with E-state index in [2.05, 4.69) is 24.2 Å². The molecule has 3 heteroatoms. The number of carbonyl (C=O) groups is 1. The summed E-state index contributed by atoms with van der Waals surface area (Å²) in [4.78, 5) is 14.0. The smallest absolute Gasteiger partial charge is 0.252 e. The van der Waals surface area contributed by atoms with Crippen LogP contribution in [0.2, 0.25) is 0 Å². The first-order valence-electron chi connectivity index (χ1n) is 6.01. The molecular formula is C15H18N2O. The van der Waals surface area contributed by atoms with Crippen molar-refractivity contribution in [1.29, 1.82) is 0 Å². The number of benzene rings is 1. The number of nitrogens with one attached hydrogen (secondary N) is 1. The Kier molecular flexibility index (Phi) is 2.82. The van der Waals surface area contributed by atoms with E-state index in [1.54, 1.807) is 4.90 Å². The van der Waals surface area contributed by atoms with Crippen LogP contribution in [0.3, 0.4) is 0 Å². The Morgan fingerprint density at radius 1 is 1.33 bits per heavy atom. The molecule has 1 amide bonds. The predicted octanol–water partition coefficient (Wildman–Crippen LogP) is 2.47. The molecule has 0 saturated heterocycles. The van der Waals surface area contributed by atoms with Crippen molar-refractivity contribution in [2.24, 2.45) is 0 Å². The monoisotopic (exact) mass is 242 g/mol. The van der Waals surface area contributed by atoms with Gasteiger partial charge in [0.2, 0.25) is 0 Å². The lowest BCUT2D eigenvalue weighted by molar-refractivity contribution is -0.122. The van der Waals surface area contributed by atoms with Crippen LogP contribution in [0.5, 0.6) is 0 Å². The van der Waals surface area contributed by atoms with Gasteiger partial charge in [-0.1, -0.05) is 5.92 Å². The van der Waals surface area contributed by atoms with Crippen LogP contribution in [0.1, 0.15) is 25.0 Å². The Balaban J connectivity index is 2.60. The molecule has 1 aromatic rings. The Morgan fingerprint density at radius 3 is 2.56 bits per heavy atom. The first-order chi connectivity index (χ1) is 8.36. The van der Waals surface area contributed by atoms with Crippen molar-refractivity contribution < 1.29 is 4.79 Å². The number of amides is 1. The van der Waals surface area contributed by atoms with Gasteiger partial charge in [0.25, 0.3) is 5.91 Å². The summed E-state index contributed by atoms with van der Waals surface area (Å²) in [6.07, 6.45) is 5.37. The van der Waals surface area contributed by atoms with Gasteiger partial charge in [-0.15, -0.1) is 6.42 Å². The Hall–Kier alpha value is -1.95. The number of hydrogen-bond donors (Lipinski definition) is 1. The highest BCUT2D eigenvalue weighted by atomic mass is 16.2. The van der Waals surface area contributed by atoms with Crippen molar-refractivity contribution in [2.45, 2.75) is 33.2 Å². The zero-order valence-electron chi connectivity index (χ0n) is 11.3. The molecule has 1 aromatic carbocycles. The lowest BCUT2D eigenvalue weighted by Gasteiger charge is -2.39. The average Bonchev–Trinajstić information content (AvgIpc) is 2.28. The van der Waals surface area contributed by atoms with E-state index in [1.165, 1.54) is 5.56 Å². The Bertz CT molecular complexity index is 552. The van der Waals surface area contributed by atoms with Crippen LogP contribution in [-0.2, 0) is 4.79 Å². The zero-order valence-corrected chi connectivity index (χ0v) is 11.3. The van der Waals surface area contributed by atoms with E-state index >= 15 is 0 Å². The molecule has 0 spiro atoms. The van der Waals surface area contributed by atoms with Gasteiger partial charge in [0.1, 0.15) is 5.54 Å². The fraction of sp³-hybridized carbons (Fsp3) is 0.400. The summed E-state index contributed by atoms with van der Waals surface area (Å²) >= 11 is 0. The highest BCUT2D eigenvalue weighted by molar-refractivity contribution is 6.07. The maximum absolute atomic E-state index is 12.4. The summed E-state index contributed by atoms with van der Waals surface area (Å²) in [7, 11) is 0. The topological polar surface area (TPSA) is 32.3 Å². The number of carbonyl (C=O) groups excluding carboxylic acids is 1. The second kappa shape index (κ2) is 4.06. The van der Waals surface area contributed by atoms with Gasteiger partial charge in [-0.25, -0.2) is 0 Å². The van der Waals surface area contributed by atoms with Gasteiger partial charge in [-0.05, 0) is 51.0 Å². The fourth-order valence-corrected chi connectivity index (χ4v) is 2.21. The molecule has 0 aliphatic carbocycles. The summed E-state index contributed by atoms with van der Waals surface area (Å²) in [5, 5.41) is 3.28. The fourth-order valence-electron chi connectivity index (χ4n) is 2.21. The van der Waals surface area contributed by atoms with Crippen LogP contribution in [-0.4, -0.2) is 18.0 Å². The van der Waals surface area contributed by atoms with E-state index < -0.39 is 5.54 Å². The highest BCUT2D eigenvalue weighted by Gasteiger charge is 2.38.